The first-order chi connectivity index (χ1) is 7.62. The van der Waals surface area contributed by atoms with E-state index in [-0.39, 0.29) is 12.4 Å². The molecule has 0 heterocycles. The maximum absolute atomic E-state index is 11.2. The highest BCUT2D eigenvalue weighted by Crippen LogP contribution is 2.31. The lowest BCUT2D eigenvalue weighted by atomic mass is 10.1. The molecule has 0 aliphatic carbocycles. The average Bonchev–Trinajstić information content (AvgIpc) is 2.28. The van der Waals surface area contributed by atoms with Crippen molar-refractivity contribution in [1.82, 2.24) is 0 Å². The van der Waals surface area contributed by atoms with Gasteiger partial charge in [0, 0.05) is 10.9 Å². The Bertz CT molecular complexity index is 393. The van der Waals surface area contributed by atoms with Gasteiger partial charge in [-0.3, -0.25) is 4.79 Å². The Balaban J connectivity index is 3.12. The van der Waals surface area contributed by atoms with Crippen molar-refractivity contribution in [2.24, 2.45) is 0 Å². The van der Waals surface area contributed by atoms with Crippen LogP contribution in [-0.2, 0) is 21.3 Å². The lowest BCUT2D eigenvalue weighted by Gasteiger charge is -2.11. The highest BCUT2D eigenvalue weighted by atomic mass is 79.9. The Hall–Kier alpha value is -0.740. The van der Waals surface area contributed by atoms with Gasteiger partial charge >= 0.3 is 5.97 Å². The second kappa shape index (κ2) is 6.11. The Labute approximate surface area is 108 Å². The third kappa shape index (κ3) is 3.12. The van der Waals surface area contributed by atoms with E-state index in [1.165, 1.54) is 14.2 Å². The monoisotopic (exact) mass is 306 g/mol. The fraction of sp³-hybridized carbons (Fsp3) is 0.364. The maximum atomic E-state index is 11.2. The van der Waals surface area contributed by atoms with Crippen LogP contribution in [0.5, 0.6) is 5.75 Å². The van der Waals surface area contributed by atoms with Crippen LogP contribution in [0.1, 0.15) is 11.1 Å². The minimum Gasteiger partial charge on any atom is -0.495 e. The predicted octanol–water partition coefficient (Wildman–Crippen LogP) is 2.96. The van der Waals surface area contributed by atoms with Crippen molar-refractivity contribution in [3.8, 4) is 5.75 Å². The largest absolute Gasteiger partial charge is 0.495 e. The zero-order valence-corrected chi connectivity index (χ0v) is 11.4. The number of alkyl halides is 1. The number of esters is 1. The van der Waals surface area contributed by atoms with Gasteiger partial charge in [0.25, 0.3) is 0 Å². The summed E-state index contributed by atoms with van der Waals surface area (Å²) in [6.45, 7) is 0. The first-order valence-corrected chi connectivity index (χ1v) is 6.10. The van der Waals surface area contributed by atoms with Crippen LogP contribution in [0.2, 0.25) is 5.02 Å². The number of benzene rings is 1. The number of methoxy groups -OCH3 is 2. The van der Waals surface area contributed by atoms with Crippen molar-refractivity contribution < 1.29 is 14.3 Å². The SMILES string of the molecule is COC(=O)Cc1cc(CBr)cc(Cl)c1OC. The van der Waals surface area contributed by atoms with Gasteiger partial charge in [-0.2, -0.15) is 0 Å². The fourth-order valence-corrected chi connectivity index (χ4v) is 2.04. The number of carbonyl (C=O) groups is 1. The van der Waals surface area contributed by atoms with Gasteiger partial charge < -0.3 is 9.47 Å². The van der Waals surface area contributed by atoms with E-state index in [0.29, 0.717) is 16.1 Å². The number of carbonyl (C=O) groups excluding carboxylic acids is 1. The van der Waals surface area contributed by atoms with Gasteiger partial charge in [-0.1, -0.05) is 33.6 Å². The minimum atomic E-state index is -0.318. The van der Waals surface area contributed by atoms with E-state index >= 15 is 0 Å². The van der Waals surface area contributed by atoms with Crippen LogP contribution in [0.4, 0.5) is 0 Å². The number of ether oxygens (including phenoxy) is 2. The van der Waals surface area contributed by atoms with Gasteiger partial charge in [0.15, 0.2) is 0 Å². The third-order valence-corrected chi connectivity index (χ3v) is 3.03. The van der Waals surface area contributed by atoms with Gasteiger partial charge in [-0.05, 0) is 11.6 Å². The molecule has 0 atom stereocenters. The highest BCUT2D eigenvalue weighted by molar-refractivity contribution is 9.08. The summed E-state index contributed by atoms with van der Waals surface area (Å²) in [5, 5.41) is 1.17. The molecule has 16 heavy (non-hydrogen) atoms. The summed E-state index contributed by atoms with van der Waals surface area (Å²) < 4.78 is 9.78. The summed E-state index contributed by atoms with van der Waals surface area (Å²) in [5.74, 6) is 0.206. The van der Waals surface area contributed by atoms with Crippen LogP contribution < -0.4 is 4.74 Å². The Morgan fingerprint density at radius 1 is 1.44 bits per heavy atom. The highest BCUT2D eigenvalue weighted by Gasteiger charge is 2.13. The molecular formula is C11H12BrClO3. The van der Waals surface area contributed by atoms with Crippen molar-refractivity contribution in [3.63, 3.8) is 0 Å². The Morgan fingerprint density at radius 3 is 2.62 bits per heavy atom. The van der Waals surface area contributed by atoms with Crippen LogP contribution in [0.15, 0.2) is 12.1 Å². The Morgan fingerprint density at radius 2 is 2.12 bits per heavy atom. The van der Waals surface area contributed by atoms with Crippen LogP contribution in [0, 0.1) is 0 Å². The third-order valence-electron chi connectivity index (χ3n) is 2.10. The first kappa shape index (κ1) is 13.3. The second-order valence-electron chi connectivity index (χ2n) is 3.16. The van der Waals surface area contributed by atoms with Gasteiger partial charge in [-0.15, -0.1) is 0 Å². The number of hydrogen-bond donors (Lipinski definition) is 0. The number of halogens is 2. The molecule has 0 fully saturated rings. The first-order valence-electron chi connectivity index (χ1n) is 4.60. The van der Waals surface area contributed by atoms with Crippen molar-refractivity contribution in [1.29, 1.82) is 0 Å². The summed E-state index contributed by atoms with van der Waals surface area (Å²) in [6.07, 6.45) is 0.153. The van der Waals surface area contributed by atoms with Crippen molar-refractivity contribution in [2.75, 3.05) is 14.2 Å². The molecule has 0 radical (unpaired) electrons. The van der Waals surface area contributed by atoms with E-state index < -0.39 is 0 Å². The van der Waals surface area contributed by atoms with Crippen molar-refractivity contribution in [3.05, 3.63) is 28.3 Å². The fourth-order valence-electron chi connectivity index (χ4n) is 1.38. The molecular weight excluding hydrogens is 295 g/mol. The zero-order valence-electron chi connectivity index (χ0n) is 9.05. The van der Waals surface area contributed by atoms with E-state index in [1.54, 1.807) is 6.07 Å². The summed E-state index contributed by atoms with van der Waals surface area (Å²) in [7, 11) is 2.88. The molecule has 1 aromatic carbocycles. The molecule has 88 valence electrons. The normalized spacial score (nSPS) is 10.0. The summed E-state index contributed by atoms with van der Waals surface area (Å²) >= 11 is 9.38. The molecule has 0 saturated carbocycles. The van der Waals surface area contributed by atoms with Gasteiger partial charge in [-0.25, -0.2) is 0 Å². The molecule has 1 aromatic rings. The predicted molar refractivity (Wildman–Crippen MR) is 66.4 cm³/mol. The molecule has 0 aliphatic heterocycles. The molecule has 0 spiro atoms. The molecule has 0 bridgehead atoms. The van der Waals surface area contributed by atoms with Crippen molar-refractivity contribution in [2.45, 2.75) is 11.8 Å². The maximum Gasteiger partial charge on any atom is 0.310 e. The molecule has 0 unspecified atom stereocenters. The standard InChI is InChI=1S/C11H12BrClO3/c1-15-10(14)5-8-3-7(6-12)4-9(13)11(8)16-2/h3-4H,5-6H2,1-2H3. The zero-order chi connectivity index (χ0) is 12.1. The molecule has 5 heteroatoms. The summed E-state index contributed by atoms with van der Waals surface area (Å²) in [4.78, 5) is 11.2. The molecule has 3 nitrogen and oxygen atoms in total. The minimum absolute atomic E-state index is 0.153. The number of hydrogen-bond acceptors (Lipinski definition) is 3. The summed E-state index contributed by atoms with van der Waals surface area (Å²) in [6, 6.07) is 3.67. The molecule has 0 amide bonds. The lowest BCUT2D eigenvalue weighted by Crippen LogP contribution is -2.06. The smallest absolute Gasteiger partial charge is 0.310 e. The van der Waals surface area contributed by atoms with E-state index in [9.17, 15) is 4.79 Å². The summed E-state index contributed by atoms with van der Waals surface area (Å²) in [5.41, 5.74) is 1.72. The quantitative estimate of drug-likeness (QED) is 0.634. The second-order valence-corrected chi connectivity index (χ2v) is 4.12. The van der Waals surface area contributed by atoms with Crippen LogP contribution in [0.3, 0.4) is 0 Å². The molecule has 0 aliphatic rings. The lowest BCUT2D eigenvalue weighted by molar-refractivity contribution is -0.139. The van der Waals surface area contributed by atoms with Gasteiger partial charge in [0.05, 0.1) is 25.7 Å². The van der Waals surface area contributed by atoms with E-state index in [1.807, 2.05) is 6.07 Å². The number of rotatable bonds is 4. The average molecular weight is 308 g/mol. The molecule has 0 aromatic heterocycles. The van der Waals surface area contributed by atoms with E-state index in [4.69, 9.17) is 16.3 Å². The van der Waals surface area contributed by atoms with Gasteiger partial charge in [0.2, 0.25) is 0 Å². The van der Waals surface area contributed by atoms with Crippen LogP contribution in [0.25, 0.3) is 0 Å². The van der Waals surface area contributed by atoms with Crippen LogP contribution in [-0.4, -0.2) is 20.2 Å². The Kier molecular flexibility index (Phi) is 5.09. The molecule has 0 N–H and O–H groups in total. The molecule has 1 rings (SSSR count). The van der Waals surface area contributed by atoms with E-state index in [2.05, 4.69) is 20.7 Å². The van der Waals surface area contributed by atoms with Gasteiger partial charge in [0.1, 0.15) is 5.75 Å². The molecule has 0 saturated heterocycles. The van der Waals surface area contributed by atoms with Crippen molar-refractivity contribution >= 4 is 33.5 Å². The van der Waals surface area contributed by atoms with Crippen LogP contribution >= 0.6 is 27.5 Å². The van der Waals surface area contributed by atoms with E-state index in [0.717, 1.165) is 11.1 Å². The topological polar surface area (TPSA) is 35.5 Å².